The summed E-state index contributed by atoms with van der Waals surface area (Å²) in [5.41, 5.74) is 33.4. The molecule has 0 unspecified atom stereocenters. The highest BCUT2D eigenvalue weighted by Crippen LogP contribution is 2.57. The Morgan fingerprint density at radius 3 is 1.02 bits per heavy atom. The van der Waals surface area contributed by atoms with E-state index >= 15 is 0 Å². The molecule has 0 spiro atoms. The van der Waals surface area contributed by atoms with Crippen molar-refractivity contribution >= 4 is 67.0 Å². The quantitative estimate of drug-likeness (QED) is 0.150. The summed E-state index contributed by atoms with van der Waals surface area (Å²) in [7, 11) is 8.74. The van der Waals surface area contributed by atoms with E-state index in [1.165, 1.54) is 156 Å². The van der Waals surface area contributed by atoms with E-state index in [1.807, 2.05) is 111 Å². The Hall–Kier alpha value is -9.64. The lowest BCUT2D eigenvalue weighted by atomic mass is 9.71. The fraction of sp³-hybridized carbons (Fsp3) is 0.346. The second kappa shape index (κ2) is 36.5. The molecule has 0 radical (unpaired) electrons. The maximum Gasteiger partial charge on any atom is 0.0529 e. The molecule has 4 heterocycles. The third-order valence-corrected chi connectivity index (χ3v) is 22.2. The van der Waals surface area contributed by atoms with Crippen LogP contribution in [0.5, 0.6) is 0 Å². The average Bonchev–Trinajstić information content (AvgIpc) is 1.35. The van der Waals surface area contributed by atoms with Gasteiger partial charge in [0.25, 0.3) is 0 Å². The van der Waals surface area contributed by atoms with Gasteiger partial charge in [-0.1, -0.05) is 368 Å². The van der Waals surface area contributed by atoms with E-state index in [9.17, 15) is 0 Å². The van der Waals surface area contributed by atoms with Gasteiger partial charge in [-0.25, -0.2) is 0 Å². The molecule has 0 saturated carbocycles. The van der Waals surface area contributed by atoms with Crippen LogP contribution in [0.2, 0.25) is 0 Å². The van der Waals surface area contributed by atoms with Gasteiger partial charge in [0.2, 0.25) is 0 Å². The van der Waals surface area contributed by atoms with E-state index < -0.39 is 0 Å². The predicted octanol–water partition coefficient (Wildman–Crippen LogP) is 30.8. The molecule has 568 valence electrons. The van der Waals surface area contributed by atoms with Crippen molar-refractivity contribution < 1.29 is 0 Å². The molecule has 12 aromatic carbocycles. The van der Waals surface area contributed by atoms with Crippen molar-refractivity contribution in [2.45, 2.75) is 214 Å². The first-order chi connectivity index (χ1) is 52.1. The number of hydrogen-bond acceptors (Lipinski definition) is 4. The van der Waals surface area contributed by atoms with Gasteiger partial charge in [-0.15, -0.1) is 0 Å². The number of fused-ring (bicyclic) bond motifs is 17. The fourth-order valence-corrected chi connectivity index (χ4v) is 16.9. The number of rotatable bonds is 0. The fourth-order valence-electron chi connectivity index (χ4n) is 16.9. The van der Waals surface area contributed by atoms with Crippen LogP contribution < -0.4 is 19.6 Å². The Morgan fingerprint density at radius 2 is 0.537 bits per heavy atom. The lowest BCUT2D eigenvalue weighted by molar-refractivity contribution is 0.618. The summed E-state index contributed by atoms with van der Waals surface area (Å²) in [4.78, 5) is 9.39. The molecule has 0 fully saturated rings. The predicted molar refractivity (Wildman–Crippen MR) is 484 cm³/mol. The van der Waals surface area contributed by atoms with Crippen molar-refractivity contribution in [3.63, 3.8) is 0 Å². The van der Waals surface area contributed by atoms with Gasteiger partial charge in [-0.2, -0.15) is 0 Å². The molecular weight excluding hydrogens is 1310 g/mol. The molecule has 4 heteroatoms. The molecule has 0 bridgehead atoms. The molecule has 0 aromatic heterocycles. The summed E-state index contributed by atoms with van der Waals surface area (Å²) in [5, 5.41) is 5.26. The van der Waals surface area contributed by atoms with Crippen LogP contribution in [0.25, 0.3) is 43.8 Å². The minimum Gasteiger partial charge on any atom is -0.344 e. The maximum atomic E-state index is 2.48. The van der Waals surface area contributed by atoms with Crippen molar-refractivity contribution in [2.24, 2.45) is 0 Å². The van der Waals surface area contributed by atoms with Crippen molar-refractivity contribution in [1.29, 1.82) is 0 Å². The van der Waals surface area contributed by atoms with Crippen LogP contribution in [0.15, 0.2) is 243 Å². The first kappa shape index (κ1) is 85.6. The van der Waals surface area contributed by atoms with Gasteiger partial charge in [0.15, 0.2) is 0 Å². The zero-order chi connectivity index (χ0) is 80.0. The van der Waals surface area contributed by atoms with E-state index in [1.54, 1.807) is 0 Å². The van der Waals surface area contributed by atoms with Crippen LogP contribution >= 0.6 is 0 Å². The van der Waals surface area contributed by atoms with E-state index in [0.29, 0.717) is 0 Å². The zero-order valence-electron chi connectivity index (χ0n) is 72.1. The van der Waals surface area contributed by atoms with Gasteiger partial charge in [0, 0.05) is 100 Å². The van der Waals surface area contributed by atoms with Gasteiger partial charge in [0.05, 0.1) is 5.69 Å². The average molecular weight is 1440 g/mol. The Bertz CT molecular complexity index is 4950. The molecule has 18 rings (SSSR count). The molecule has 0 saturated heterocycles. The summed E-state index contributed by atoms with van der Waals surface area (Å²) < 4.78 is 0. The first-order valence-corrected chi connectivity index (χ1v) is 41.0. The maximum absolute atomic E-state index is 2.48. The summed E-state index contributed by atoms with van der Waals surface area (Å²) in [6.07, 6.45) is 1.05. The Kier molecular flexibility index (Phi) is 28.9. The zero-order valence-corrected chi connectivity index (χ0v) is 72.1. The molecule has 108 heavy (non-hydrogen) atoms. The van der Waals surface area contributed by atoms with Crippen molar-refractivity contribution in [1.82, 2.24) is 0 Å². The van der Waals surface area contributed by atoms with Crippen LogP contribution in [0.1, 0.15) is 247 Å². The Labute approximate surface area is 656 Å². The van der Waals surface area contributed by atoms with E-state index in [4.69, 9.17) is 0 Å². The normalized spacial score (nSPS) is 14.5. The molecular formula is C104H132N4. The van der Waals surface area contributed by atoms with Gasteiger partial charge in [-0.3, -0.25) is 0 Å². The number of hydrogen-bond donors (Lipinski definition) is 0. The van der Waals surface area contributed by atoms with Crippen molar-refractivity contribution in [3.8, 4) is 22.3 Å². The lowest BCUT2D eigenvalue weighted by Gasteiger charge is -2.41. The van der Waals surface area contributed by atoms with E-state index in [2.05, 4.69) is 360 Å². The van der Waals surface area contributed by atoms with Crippen LogP contribution in [0, 0.1) is 0 Å². The van der Waals surface area contributed by atoms with E-state index in [0.717, 1.165) is 6.42 Å². The molecule has 0 amide bonds. The SMILES string of the molecule is CC.CC.CC.CC.CC.CC.CC.CC.CN1c2ccccc2C(C)(C)c2cc3c(cc21)-c1ccccc1C3(C)C.CN1c2ccccc2C(C)(C)c2cc3c(cc21)Cc1ccccc1-3.CN1c2ccccc2C(C)(C)c2cc3ccccc3cc21.CN1c2ccccc2C(C)(C)c2ccc3ccccc3c21. The monoisotopic (exact) mass is 1440 g/mol. The number of anilines is 8. The third-order valence-electron chi connectivity index (χ3n) is 22.2. The summed E-state index contributed by atoms with van der Waals surface area (Å²) in [5.74, 6) is 0. The summed E-state index contributed by atoms with van der Waals surface area (Å²) in [6.45, 7) is 55.4. The Balaban J connectivity index is 0.000000189. The topological polar surface area (TPSA) is 13.0 Å². The van der Waals surface area contributed by atoms with Gasteiger partial charge < -0.3 is 19.6 Å². The van der Waals surface area contributed by atoms with Crippen LogP contribution in [-0.4, -0.2) is 28.2 Å². The second-order valence-electron chi connectivity index (χ2n) is 29.1. The molecule has 4 aliphatic heterocycles. The molecule has 4 nitrogen and oxygen atoms in total. The highest BCUT2D eigenvalue weighted by Gasteiger charge is 2.43. The lowest BCUT2D eigenvalue weighted by Crippen LogP contribution is -2.31. The Morgan fingerprint density at radius 1 is 0.204 bits per heavy atom. The van der Waals surface area contributed by atoms with Crippen LogP contribution in [-0.2, 0) is 33.5 Å². The molecule has 0 atom stereocenters. The largest absolute Gasteiger partial charge is 0.344 e. The van der Waals surface area contributed by atoms with Gasteiger partial charge >= 0.3 is 0 Å². The van der Waals surface area contributed by atoms with Gasteiger partial charge in [0.1, 0.15) is 0 Å². The summed E-state index contributed by atoms with van der Waals surface area (Å²) in [6, 6.07) is 89.1. The van der Waals surface area contributed by atoms with Crippen LogP contribution in [0.4, 0.5) is 45.5 Å². The highest BCUT2D eigenvalue weighted by atomic mass is 15.1. The van der Waals surface area contributed by atoms with E-state index in [-0.39, 0.29) is 27.1 Å². The molecule has 6 aliphatic rings. The molecule has 0 N–H and O–H groups in total. The van der Waals surface area contributed by atoms with Crippen molar-refractivity contribution in [3.05, 3.63) is 309 Å². The smallest absolute Gasteiger partial charge is 0.0529 e. The van der Waals surface area contributed by atoms with Crippen LogP contribution in [0.3, 0.4) is 0 Å². The summed E-state index contributed by atoms with van der Waals surface area (Å²) >= 11 is 0. The third kappa shape index (κ3) is 15.3. The minimum absolute atomic E-state index is 0.00167. The van der Waals surface area contributed by atoms with Gasteiger partial charge in [-0.05, 0) is 166 Å². The standard InChI is InChI=1S/C25H25N.C23H21N.2C20H19N.8C2H6/c1-24(2)18-11-7-6-10-16(18)17-14-23-21(15-20(17)24)25(3,4)19-12-8-9-13-22(19)26(23)5;1-23(2)19-10-6-7-11-21(19)24(3)22-13-16-12-15-8-4-5-9-17(15)18(16)14-20(22)23;1-20(2)16-10-6-7-11-18(16)21(3)19-13-15-9-5-4-8-14(15)12-17(19)20;1-20(2)16-10-6-7-11-18(16)21(3)19-15-9-5-4-8-14(15)12-13-17(19)20;8*1-2/h6-15H,1-5H3;4-11,13-14H,12H2,1-3H3;2*4-13H,1-3H3;8*1-2H3. The first-order valence-electron chi connectivity index (χ1n) is 41.0. The van der Waals surface area contributed by atoms with Crippen molar-refractivity contribution in [2.75, 3.05) is 47.8 Å². The highest BCUT2D eigenvalue weighted by molar-refractivity contribution is 6.00. The second-order valence-corrected chi connectivity index (χ2v) is 29.1. The number of para-hydroxylation sites is 4. The molecule has 2 aliphatic carbocycles. The molecule has 12 aromatic rings. The number of nitrogens with zero attached hydrogens (tertiary/aromatic N) is 4. The minimum atomic E-state index is -0.00167. The number of benzene rings is 12.